The molecule has 0 radical (unpaired) electrons. The van der Waals surface area contributed by atoms with Crippen molar-refractivity contribution in [3.8, 4) is 11.5 Å². The Balaban J connectivity index is 1.52. The minimum atomic E-state index is -0.0744. The van der Waals surface area contributed by atoms with Crippen molar-refractivity contribution in [2.75, 3.05) is 32.2 Å². The maximum Gasteiger partial charge on any atom is 0.226 e. The Labute approximate surface area is 177 Å². The van der Waals surface area contributed by atoms with Gasteiger partial charge in [-0.1, -0.05) is 12.1 Å². The highest BCUT2D eigenvalue weighted by molar-refractivity contribution is 5.91. The smallest absolute Gasteiger partial charge is 0.226 e. The summed E-state index contributed by atoms with van der Waals surface area (Å²) in [5, 5.41) is 2.95. The molecule has 0 unspecified atom stereocenters. The molecule has 0 bridgehead atoms. The van der Waals surface area contributed by atoms with Gasteiger partial charge in [-0.2, -0.15) is 0 Å². The summed E-state index contributed by atoms with van der Waals surface area (Å²) in [7, 11) is 1.63. The van der Waals surface area contributed by atoms with E-state index in [1.165, 1.54) is 0 Å². The predicted octanol–water partition coefficient (Wildman–Crippen LogP) is 4.27. The van der Waals surface area contributed by atoms with Gasteiger partial charge in [-0.3, -0.25) is 10.1 Å². The number of methoxy groups -OCH3 is 1. The number of aryl methyl sites for hydroxylation is 1. The molecule has 7 nitrogen and oxygen atoms in total. The third kappa shape index (κ3) is 5.97. The topological polar surface area (TPSA) is 74.6 Å². The lowest BCUT2D eigenvalue weighted by atomic mass is 10.3. The first-order chi connectivity index (χ1) is 14.7. The molecule has 1 N–H and O–H groups in total. The van der Waals surface area contributed by atoms with Crippen LogP contribution in [0.1, 0.15) is 26.2 Å². The minimum Gasteiger partial charge on any atom is -0.497 e. The van der Waals surface area contributed by atoms with Crippen molar-refractivity contribution in [3.05, 3.63) is 48.5 Å². The van der Waals surface area contributed by atoms with E-state index in [-0.39, 0.29) is 5.91 Å². The molecule has 0 spiro atoms. The van der Waals surface area contributed by atoms with Gasteiger partial charge >= 0.3 is 0 Å². The molecule has 0 aliphatic heterocycles. The summed E-state index contributed by atoms with van der Waals surface area (Å²) in [6, 6.07) is 15.3. The molecule has 0 atom stereocenters. The Bertz CT molecular complexity index is 937. The number of para-hydroxylation sites is 2. The van der Waals surface area contributed by atoms with Gasteiger partial charge in [-0.05, 0) is 56.2 Å². The summed E-state index contributed by atoms with van der Waals surface area (Å²) in [4.78, 5) is 17.0. The van der Waals surface area contributed by atoms with E-state index in [4.69, 9.17) is 14.2 Å². The average molecular weight is 412 g/mol. The number of amides is 1. The SMILES string of the molecule is CCOCCCn1c(NC(=O)CCCOc2ccc(OC)cc2)nc2ccccc21. The zero-order valence-electron chi connectivity index (χ0n) is 17.6. The van der Waals surface area contributed by atoms with Gasteiger partial charge in [0.05, 0.1) is 24.8 Å². The summed E-state index contributed by atoms with van der Waals surface area (Å²) >= 11 is 0. The molecule has 2 aromatic carbocycles. The maximum atomic E-state index is 12.5. The van der Waals surface area contributed by atoms with Gasteiger partial charge in [0.15, 0.2) is 0 Å². The molecule has 0 aliphatic rings. The van der Waals surface area contributed by atoms with E-state index in [1.807, 2.05) is 60.0 Å². The first-order valence-corrected chi connectivity index (χ1v) is 10.3. The minimum absolute atomic E-state index is 0.0744. The molecule has 1 heterocycles. The van der Waals surface area contributed by atoms with Crippen LogP contribution in [0.5, 0.6) is 11.5 Å². The molecule has 7 heteroatoms. The van der Waals surface area contributed by atoms with Gasteiger partial charge in [0.1, 0.15) is 11.5 Å². The quantitative estimate of drug-likeness (QED) is 0.451. The van der Waals surface area contributed by atoms with Gasteiger partial charge in [0.25, 0.3) is 0 Å². The predicted molar refractivity (Wildman–Crippen MR) is 117 cm³/mol. The van der Waals surface area contributed by atoms with E-state index in [1.54, 1.807) is 7.11 Å². The van der Waals surface area contributed by atoms with Crippen LogP contribution in [0.4, 0.5) is 5.95 Å². The van der Waals surface area contributed by atoms with E-state index in [2.05, 4.69) is 10.3 Å². The molecular formula is C23H29N3O4. The third-order valence-electron chi connectivity index (χ3n) is 4.66. The highest BCUT2D eigenvalue weighted by Crippen LogP contribution is 2.21. The van der Waals surface area contributed by atoms with Crippen molar-refractivity contribution >= 4 is 22.9 Å². The summed E-state index contributed by atoms with van der Waals surface area (Å²) < 4.78 is 18.3. The van der Waals surface area contributed by atoms with Crippen molar-refractivity contribution in [2.24, 2.45) is 0 Å². The van der Waals surface area contributed by atoms with Gasteiger partial charge in [0.2, 0.25) is 11.9 Å². The third-order valence-corrected chi connectivity index (χ3v) is 4.66. The Hall–Kier alpha value is -3.06. The Kier molecular flexibility index (Phi) is 8.09. The fourth-order valence-corrected chi connectivity index (χ4v) is 3.15. The zero-order chi connectivity index (χ0) is 21.2. The van der Waals surface area contributed by atoms with Crippen LogP contribution in [-0.2, 0) is 16.1 Å². The highest BCUT2D eigenvalue weighted by atomic mass is 16.5. The largest absolute Gasteiger partial charge is 0.497 e. The summed E-state index contributed by atoms with van der Waals surface area (Å²) in [5.41, 5.74) is 1.87. The lowest BCUT2D eigenvalue weighted by Gasteiger charge is -2.11. The molecule has 0 aliphatic carbocycles. The number of rotatable bonds is 12. The number of ether oxygens (including phenoxy) is 3. The fraction of sp³-hybridized carbons (Fsp3) is 0.391. The van der Waals surface area contributed by atoms with Crippen LogP contribution in [0.25, 0.3) is 11.0 Å². The molecule has 0 fully saturated rings. The second-order valence-electron chi connectivity index (χ2n) is 6.80. The van der Waals surface area contributed by atoms with Crippen molar-refractivity contribution in [2.45, 2.75) is 32.7 Å². The molecule has 160 valence electrons. The molecule has 0 saturated carbocycles. The molecule has 3 rings (SSSR count). The Morgan fingerprint density at radius 2 is 1.80 bits per heavy atom. The number of benzene rings is 2. The standard InChI is InChI=1S/C23H29N3O4/c1-3-29-16-7-15-26-21-9-5-4-8-20(21)24-23(26)25-22(27)10-6-17-30-19-13-11-18(28-2)12-14-19/h4-5,8-9,11-14H,3,6-7,10,15-17H2,1-2H3,(H,24,25,27). The van der Waals surface area contributed by atoms with E-state index in [0.717, 1.165) is 35.5 Å². The lowest BCUT2D eigenvalue weighted by molar-refractivity contribution is -0.116. The number of aromatic nitrogens is 2. The van der Waals surface area contributed by atoms with Crippen molar-refractivity contribution in [1.82, 2.24) is 9.55 Å². The number of carbonyl (C=O) groups is 1. The lowest BCUT2D eigenvalue weighted by Crippen LogP contribution is -2.17. The Morgan fingerprint density at radius 1 is 1.03 bits per heavy atom. The van der Waals surface area contributed by atoms with Crippen LogP contribution in [0.2, 0.25) is 0 Å². The van der Waals surface area contributed by atoms with Gasteiger partial charge in [0, 0.05) is 26.2 Å². The van der Waals surface area contributed by atoms with Crippen molar-refractivity contribution < 1.29 is 19.0 Å². The molecule has 1 amide bonds. The molecule has 1 aromatic heterocycles. The summed E-state index contributed by atoms with van der Waals surface area (Å²) in [5.74, 6) is 2.04. The summed E-state index contributed by atoms with van der Waals surface area (Å²) in [6.07, 6.45) is 1.83. The number of anilines is 1. The number of hydrogen-bond donors (Lipinski definition) is 1. The highest BCUT2D eigenvalue weighted by Gasteiger charge is 2.13. The monoisotopic (exact) mass is 411 g/mol. The van der Waals surface area contributed by atoms with E-state index >= 15 is 0 Å². The van der Waals surface area contributed by atoms with Gasteiger partial charge < -0.3 is 18.8 Å². The van der Waals surface area contributed by atoms with Crippen LogP contribution in [-0.4, -0.2) is 42.4 Å². The van der Waals surface area contributed by atoms with Crippen LogP contribution in [0.15, 0.2) is 48.5 Å². The molecular weight excluding hydrogens is 382 g/mol. The molecule has 0 saturated heterocycles. The number of imidazole rings is 1. The number of hydrogen-bond acceptors (Lipinski definition) is 5. The molecule has 3 aromatic rings. The van der Waals surface area contributed by atoms with Crippen LogP contribution < -0.4 is 14.8 Å². The zero-order valence-corrected chi connectivity index (χ0v) is 17.6. The first-order valence-electron chi connectivity index (χ1n) is 10.3. The van der Waals surface area contributed by atoms with E-state index in [9.17, 15) is 4.79 Å². The number of fused-ring (bicyclic) bond motifs is 1. The van der Waals surface area contributed by atoms with Gasteiger partial charge in [-0.25, -0.2) is 4.98 Å². The maximum absolute atomic E-state index is 12.5. The number of nitrogens with one attached hydrogen (secondary N) is 1. The van der Waals surface area contributed by atoms with Crippen LogP contribution in [0.3, 0.4) is 0 Å². The van der Waals surface area contributed by atoms with Crippen LogP contribution in [0, 0.1) is 0 Å². The average Bonchev–Trinajstić information content (AvgIpc) is 3.11. The van der Waals surface area contributed by atoms with Crippen molar-refractivity contribution in [3.63, 3.8) is 0 Å². The number of carbonyl (C=O) groups excluding carboxylic acids is 1. The van der Waals surface area contributed by atoms with Gasteiger partial charge in [-0.15, -0.1) is 0 Å². The fourth-order valence-electron chi connectivity index (χ4n) is 3.15. The number of nitrogens with zero attached hydrogens (tertiary/aromatic N) is 2. The second-order valence-corrected chi connectivity index (χ2v) is 6.80. The van der Waals surface area contributed by atoms with E-state index in [0.29, 0.717) is 38.6 Å². The Morgan fingerprint density at radius 3 is 2.57 bits per heavy atom. The first kappa shape index (κ1) is 21.6. The molecule has 30 heavy (non-hydrogen) atoms. The van der Waals surface area contributed by atoms with Crippen LogP contribution >= 0.6 is 0 Å². The summed E-state index contributed by atoms with van der Waals surface area (Å²) in [6.45, 7) is 4.56. The van der Waals surface area contributed by atoms with Crippen molar-refractivity contribution in [1.29, 1.82) is 0 Å². The van der Waals surface area contributed by atoms with E-state index < -0.39 is 0 Å². The normalized spacial score (nSPS) is 10.9. The second kappa shape index (κ2) is 11.2.